The summed E-state index contributed by atoms with van der Waals surface area (Å²) in [5, 5.41) is 0. The van der Waals surface area contributed by atoms with Crippen molar-refractivity contribution in [3.05, 3.63) is 97.1 Å². The second kappa shape index (κ2) is 17.1. The second-order valence-electron chi connectivity index (χ2n) is 6.15. The first kappa shape index (κ1) is 30.6. The van der Waals surface area contributed by atoms with Crippen LogP contribution in [0.15, 0.2) is 117 Å². The second-order valence-corrected chi connectivity index (χ2v) is 7.91. The molecule has 0 unspecified atom stereocenters. The first-order valence-electron chi connectivity index (χ1n) is 9.28. The van der Waals surface area contributed by atoms with E-state index in [0.29, 0.717) is 22.7 Å². The molecule has 8 N–H and O–H groups in total. The summed E-state index contributed by atoms with van der Waals surface area (Å²) in [5.41, 5.74) is 24.4. The number of nitrogens with two attached hydrogens (primary N) is 4. The molecular formula is C24H24N4ReS4-4. The van der Waals surface area contributed by atoms with Crippen LogP contribution in [0.4, 0.5) is 22.7 Å². The molecule has 0 saturated carbocycles. The standard InChI is InChI=1S/4C6H7NS.Re/c4*7-5-3-1-2-4-6(5)8;/h4*1-4,8H,7H2;/p-4. The Morgan fingerprint density at radius 2 is 0.485 bits per heavy atom. The van der Waals surface area contributed by atoms with Crippen molar-refractivity contribution in [1.29, 1.82) is 0 Å². The third-order valence-corrected chi connectivity index (χ3v) is 5.16. The molecule has 0 heterocycles. The van der Waals surface area contributed by atoms with Crippen LogP contribution in [-0.2, 0) is 70.9 Å². The molecule has 0 aliphatic rings. The quantitative estimate of drug-likeness (QED) is 0.157. The fourth-order valence-corrected chi connectivity index (χ4v) is 2.51. The maximum atomic E-state index is 5.42. The Bertz CT molecular complexity index is 839. The number of para-hydroxylation sites is 4. The summed E-state index contributed by atoms with van der Waals surface area (Å²) in [7, 11) is 0. The normalized spacial score (nSPS) is 8.73. The fourth-order valence-electron chi connectivity index (χ4n) is 1.92. The third-order valence-electron chi connectivity index (χ3n) is 3.68. The molecule has 0 aromatic heterocycles. The van der Waals surface area contributed by atoms with E-state index in [1.54, 1.807) is 24.3 Å². The summed E-state index contributed by atoms with van der Waals surface area (Å²) in [6, 6.07) is 29.4. The molecule has 0 amide bonds. The number of hydrogen-bond donors (Lipinski definition) is 4. The van der Waals surface area contributed by atoms with Gasteiger partial charge < -0.3 is 73.4 Å². The van der Waals surface area contributed by atoms with Crippen molar-refractivity contribution in [2.24, 2.45) is 0 Å². The van der Waals surface area contributed by atoms with Crippen molar-refractivity contribution in [2.45, 2.75) is 19.6 Å². The summed E-state index contributed by atoms with van der Waals surface area (Å²) in [6.07, 6.45) is 0. The summed E-state index contributed by atoms with van der Waals surface area (Å²) in [6.45, 7) is 0. The van der Waals surface area contributed by atoms with Crippen LogP contribution in [0, 0.1) is 0 Å². The van der Waals surface area contributed by atoms with Crippen LogP contribution in [0.1, 0.15) is 0 Å². The van der Waals surface area contributed by atoms with Gasteiger partial charge in [0, 0.05) is 43.2 Å². The molecule has 0 bridgehead atoms. The third kappa shape index (κ3) is 13.0. The average molecular weight is 683 g/mol. The van der Waals surface area contributed by atoms with Gasteiger partial charge in [-0.25, -0.2) is 0 Å². The SMILES string of the molecule is Nc1ccccc1[S-].Nc1ccccc1[S-].Nc1ccccc1[S-].Nc1ccccc1[S-].[Re]. The van der Waals surface area contributed by atoms with E-state index in [0.717, 1.165) is 19.6 Å². The average Bonchev–Trinajstić information content (AvgIpc) is 2.78. The van der Waals surface area contributed by atoms with E-state index in [-0.39, 0.29) is 20.4 Å². The molecule has 4 aromatic carbocycles. The smallest absolute Gasteiger partial charge is 0.0119 e. The minimum Gasteiger partial charge on any atom is -0.778 e. The van der Waals surface area contributed by atoms with E-state index in [9.17, 15) is 0 Å². The molecule has 9 heteroatoms. The molecule has 33 heavy (non-hydrogen) atoms. The maximum Gasteiger partial charge on any atom is 0.0119 e. The van der Waals surface area contributed by atoms with Gasteiger partial charge in [0.15, 0.2) is 0 Å². The van der Waals surface area contributed by atoms with Crippen molar-refractivity contribution in [1.82, 2.24) is 0 Å². The minimum absolute atomic E-state index is 0. The first-order chi connectivity index (χ1) is 15.2. The van der Waals surface area contributed by atoms with E-state index >= 15 is 0 Å². The van der Waals surface area contributed by atoms with Gasteiger partial charge in [-0.05, 0) is 24.3 Å². The Kier molecular flexibility index (Phi) is 15.9. The number of rotatable bonds is 0. The molecule has 0 saturated heterocycles. The van der Waals surface area contributed by atoms with Gasteiger partial charge in [-0.3, -0.25) is 0 Å². The van der Waals surface area contributed by atoms with Gasteiger partial charge in [-0.1, -0.05) is 72.8 Å². The van der Waals surface area contributed by atoms with E-state index in [1.165, 1.54) is 0 Å². The molecule has 4 nitrogen and oxygen atoms in total. The zero-order valence-corrected chi connectivity index (χ0v) is 23.5. The summed E-state index contributed by atoms with van der Waals surface area (Å²) >= 11 is 19.3. The predicted molar refractivity (Wildman–Crippen MR) is 146 cm³/mol. The van der Waals surface area contributed by atoms with Gasteiger partial charge in [0.25, 0.3) is 0 Å². The van der Waals surface area contributed by atoms with Crippen LogP contribution in [0.5, 0.6) is 0 Å². The van der Waals surface area contributed by atoms with Gasteiger partial charge in [0.05, 0.1) is 0 Å². The van der Waals surface area contributed by atoms with Crippen LogP contribution in [0.25, 0.3) is 0 Å². The van der Waals surface area contributed by atoms with Gasteiger partial charge in [-0.2, -0.15) is 19.6 Å². The van der Waals surface area contributed by atoms with Crippen LogP contribution in [-0.4, -0.2) is 0 Å². The molecule has 175 valence electrons. The van der Waals surface area contributed by atoms with Crippen molar-refractivity contribution in [2.75, 3.05) is 22.9 Å². The van der Waals surface area contributed by atoms with Crippen molar-refractivity contribution in [3.63, 3.8) is 0 Å². The minimum atomic E-state index is 0. The summed E-state index contributed by atoms with van der Waals surface area (Å²) in [5.74, 6) is 0. The van der Waals surface area contributed by atoms with Crippen LogP contribution >= 0.6 is 0 Å². The Morgan fingerprint density at radius 1 is 0.333 bits per heavy atom. The molecule has 4 aromatic rings. The molecule has 0 fully saturated rings. The molecule has 1 radical (unpaired) electrons. The molecule has 0 spiro atoms. The molecule has 0 aliphatic heterocycles. The number of hydrogen-bond acceptors (Lipinski definition) is 8. The largest absolute Gasteiger partial charge is 0.778 e. The summed E-state index contributed by atoms with van der Waals surface area (Å²) < 4.78 is 0. The van der Waals surface area contributed by atoms with Crippen LogP contribution in [0.3, 0.4) is 0 Å². The number of nitrogen functional groups attached to an aromatic ring is 4. The van der Waals surface area contributed by atoms with Gasteiger partial charge in [0.2, 0.25) is 0 Å². The van der Waals surface area contributed by atoms with E-state index < -0.39 is 0 Å². The van der Waals surface area contributed by atoms with Crippen molar-refractivity contribution in [3.8, 4) is 0 Å². The van der Waals surface area contributed by atoms with Gasteiger partial charge in [0.1, 0.15) is 0 Å². The summed E-state index contributed by atoms with van der Waals surface area (Å²) in [4.78, 5) is 2.92. The predicted octanol–water partition coefficient (Wildman–Crippen LogP) is 4.70. The van der Waals surface area contributed by atoms with Crippen molar-refractivity contribution < 1.29 is 20.4 Å². The van der Waals surface area contributed by atoms with Crippen molar-refractivity contribution >= 4 is 73.3 Å². The fraction of sp³-hybridized carbons (Fsp3) is 0. The molecule has 0 atom stereocenters. The molecule has 4 rings (SSSR count). The molecular weight excluding hydrogens is 659 g/mol. The maximum absolute atomic E-state index is 5.42. The topological polar surface area (TPSA) is 104 Å². The Morgan fingerprint density at radius 3 is 0.576 bits per heavy atom. The molecule has 0 aliphatic carbocycles. The van der Waals surface area contributed by atoms with Gasteiger partial charge in [-0.15, -0.1) is 0 Å². The zero-order valence-electron chi connectivity index (χ0n) is 17.6. The Balaban J connectivity index is 0.000000410. The van der Waals surface area contributed by atoms with Crippen LogP contribution < -0.4 is 22.9 Å². The number of anilines is 4. The number of benzene rings is 4. The monoisotopic (exact) mass is 683 g/mol. The Hall–Kier alpha value is -2.38. The van der Waals surface area contributed by atoms with Crippen LogP contribution in [0.2, 0.25) is 0 Å². The van der Waals surface area contributed by atoms with E-state index in [1.807, 2.05) is 72.8 Å². The van der Waals surface area contributed by atoms with E-state index in [4.69, 9.17) is 73.4 Å². The first-order valence-corrected chi connectivity index (χ1v) is 10.9. The zero-order chi connectivity index (χ0) is 23.9. The Labute approximate surface area is 231 Å². The van der Waals surface area contributed by atoms with E-state index in [2.05, 4.69) is 0 Å². The van der Waals surface area contributed by atoms with Gasteiger partial charge >= 0.3 is 0 Å².